The molecule has 8 aromatic rings. The van der Waals surface area contributed by atoms with Gasteiger partial charge in [-0.25, -0.2) is 15.0 Å². The number of hydrogen-bond acceptors (Lipinski definition) is 5. The van der Waals surface area contributed by atoms with Crippen molar-refractivity contribution >= 4 is 59.8 Å². The molecule has 0 amide bonds. The molecule has 0 aliphatic carbocycles. The van der Waals surface area contributed by atoms with Crippen LogP contribution in [-0.4, -0.2) is 15.0 Å². The van der Waals surface area contributed by atoms with Crippen LogP contribution in [0.15, 0.2) is 123 Å². The highest BCUT2D eigenvalue weighted by molar-refractivity contribution is 9.10. The lowest BCUT2D eigenvalue weighted by Crippen LogP contribution is -2.00. The molecule has 0 saturated carbocycles. The van der Waals surface area contributed by atoms with Gasteiger partial charge in [0.05, 0.1) is 5.56 Å². The third-order valence-electron chi connectivity index (χ3n) is 7.01. The van der Waals surface area contributed by atoms with E-state index in [9.17, 15) is 0 Å². The van der Waals surface area contributed by atoms with Crippen molar-refractivity contribution in [1.29, 1.82) is 0 Å². The predicted molar refractivity (Wildman–Crippen MR) is 158 cm³/mol. The molecule has 0 aliphatic rings. The van der Waals surface area contributed by atoms with E-state index in [0.717, 1.165) is 65.0 Å². The summed E-state index contributed by atoms with van der Waals surface area (Å²) in [5, 5.41) is 4.21. The minimum atomic E-state index is 0.548. The smallest absolute Gasteiger partial charge is 0.167 e. The van der Waals surface area contributed by atoms with E-state index in [-0.39, 0.29) is 0 Å². The normalized spacial score (nSPS) is 11.7. The molecule has 3 heterocycles. The lowest BCUT2D eigenvalue weighted by Gasteiger charge is -2.08. The van der Waals surface area contributed by atoms with E-state index >= 15 is 0 Å². The van der Waals surface area contributed by atoms with Crippen LogP contribution >= 0.6 is 15.9 Å². The Morgan fingerprint density at radius 3 is 2.03 bits per heavy atom. The molecular weight excluding hydrogens is 550 g/mol. The van der Waals surface area contributed by atoms with E-state index in [1.54, 1.807) is 0 Å². The van der Waals surface area contributed by atoms with Crippen LogP contribution in [0.1, 0.15) is 0 Å². The number of furan rings is 2. The summed E-state index contributed by atoms with van der Waals surface area (Å²) in [7, 11) is 0. The van der Waals surface area contributed by atoms with E-state index in [1.165, 1.54) is 0 Å². The molecule has 5 nitrogen and oxygen atoms in total. The average molecular weight is 568 g/mol. The largest absolute Gasteiger partial charge is 0.456 e. The van der Waals surface area contributed by atoms with Gasteiger partial charge in [-0.1, -0.05) is 82.7 Å². The second kappa shape index (κ2) is 8.61. The molecule has 0 N–H and O–H groups in total. The van der Waals surface area contributed by atoms with Gasteiger partial charge in [0.25, 0.3) is 0 Å². The van der Waals surface area contributed by atoms with Crippen LogP contribution in [0.25, 0.3) is 78.0 Å². The van der Waals surface area contributed by atoms with E-state index in [1.807, 2.05) is 84.9 Å². The molecule has 8 rings (SSSR count). The van der Waals surface area contributed by atoms with Crippen LogP contribution in [0, 0.1) is 0 Å². The second-order valence-corrected chi connectivity index (χ2v) is 10.3. The zero-order valence-corrected chi connectivity index (χ0v) is 22.0. The van der Waals surface area contributed by atoms with Gasteiger partial charge in [-0.2, -0.15) is 0 Å². The van der Waals surface area contributed by atoms with Gasteiger partial charge in [-0.15, -0.1) is 0 Å². The van der Waals surface area contributed by atoms with Gasteiger partial charge in [0.15, 0.2) is 17.5 Å². The van der Waals surface area contributed by atoms with E-state index in [0.29, 0.717) is 17.5 Å². The van der Waals surface area contributed by atoms with Gasteiger partial charge in [-0.3, -0.25) is 0 Å². The zero-order valence-electron chi connectivity index (χ0n) is 20.4. The van der Waals surface area contributed by atoms with Crippen molar-refractivity contribution in [1.82, 2.24) is 15.0 Å². The van der Waals surface area contributed by atoms with Crippen molar-refractivity contribution in [3.8, 4) is 34.2 Å². The molecule has 0 atom stereocenters. The summed E-state index contributed by atoms with van der Waals surface area (Å²) >= 11 is 3.55. The lowest BCUT2D eigenvalue weighted by atomic mass is 10.1. The lowest BCUT2D eigenvalue weighted by molar-refractivity contribution is 0.668. The summed E-state index contributed by atoms with van der Waals surface area (Å²) < 4.78 is 13.5. The third-order valence-corrected chi connectivity index (χ3v) is 7.50. The maximum absolute atomic E-state index is 6.36. The zero-order chi connectivity index (χ0) is 25.9. The van der Waals surface area contributed by atoms with Crippen molar-refractivity contribution in [2.75, 3.05) is 0 Å². The highest BCUT2D eigenvalue weighted by atomic mass is 79.9. The van der Waals surface area contributed by atoms with Gasteiger partial charge in [-0.05, 0) is 42.5 Å². The van der Waals surface area contributed by atoms with Crippen LogP contribution in [0.3, 0.4) is 0 Å². The quantitative estimate of drug-likeness (QED) is 0.212. The second-order valence-electron chi connectivity index (χ2n) is 9.41. The van der Waals surface area contributed by atoms with Crippen molar-refractivity contribution in [2.45, 2.75) is 0 Å². The molecule has 5 aromatic carbocycles. The predicted octanol–water partition coefficient (Wildman–Crippen LogP) is 9.43. The van der Waals surface area contributed by atoms with E-state index in [2.05, 4.69) is 40.2 Å². The Kier molecular flexibility index (Phi) is 4.90. The number of nitrogens with zero attached hydrogens (tertiary/aromatic N) is 3. The molecule has 0 spiro atoms. The van der Waals surface area contributed by atoms with Crippen molar-refractivity contribution in [2.24, 2.45) is 0 Å². The SMILES string of the molecule is Brc1ccc2c(c1)oc1c(-c3nc(-c4ccccc4)nc(-c4ccc5c(c4)oc4ccccc45)n3)cccc12. The Balaban J connectivity index is 1.37. The highest BCUT2D eigenvalue weighted by Crippen LogP contribution is 2.37. The van der Waals surface area contributed by atoms with Crippen LogP contribution in [0.4, 0.5) is 0 Å². The maximum Gasteiger partial charge on any atom is 0.167 e. The van der Waals surface area contributed by atoms with Gasteiger partial charge in [0, 0.05) is 37.1 Å². The average Bonchev–Trinajstić information content (AvgIpc) is 3.54. The molecule has 0 radical (unpaired) electrons. The number of hydrogen-bond donors (Lipinski definition) is 0. The Morgan fingerprint density at radius 2 is 1.13 bits per heavy atom. The van der Waals surface area contributed by atoms with Crippen molar-refractivity contribution in [3.63, 3.8) is 0 Å². The fourth-order valence-electron chi connectivity index (χ4n) is 5.16. The monoisotopic (exact) mass is 567 g/mol. The fraction of sp³-hybridized carbons (Fsp3) is 0. The minimum Gasteiger partial charge on any atom is -0.456 e. The van der Waals surface area contributed by atoms with Crippen molar-refractivity contribution < 1.29 is 8.83 Å². The summed E-state index contributed by atoms with van der Waals surface area (Å²) in [6.45, 7) is 0. The Hall–Kier alpha value is -4.81. The number of para-hydroxylation sites is 2. The first-order valence-electron chi connectivity index (χ1n) is 12.6. The molecule has 39 heavy (non-hydrogen) atoms. The van der Waals surface area contributed by atoms with Crippen LogP contribution in [-0.2, 0) is 0 Å². The molecule has 6 heteroatoms. The van der Waals surface area contributed by atoms with Gasteiger partial charge >= 0.3 is 0 Å². The Labute approximate surface area is 230 Å². The Bertz CT molecular complexity index is 2200. The number of aromatic nitrogens is 3. The molecule has 0 aliphatic heterocycles. The molecule has 0 unspecified atom stereocenters. The summed E-state index contributed by atoms with van der Waals surface area (Å²) in [5.74, 6) is 1.71. The number of halogens is 1. The number of rotatable bonds is 3. The van der Waals surface area contributed by atoms with Gasteiger partial charge in [0.1, 0.15) is 22.3 Å². The minimum absolute atomic E-state index is 0.548. The van der Waals surface area contributed by atoms with Gasteiger partial charge in [0.2, 0.25) is 0 Å². The van der Waals surface area contributed by atoms with Crippen molar-refractivity contribution in [3.05, 3.63) is 114 Å². The molecule has 0 bridgehead atoms. The van der Waals surface area contributed by atoms with E-state index in [4.69, 9.17) is 23.8 Å². The fourth-order valence-corrected chi connectivity index (χ4v) is 5.50. The summed E-state index contributed by atoms with van der Waals surface area (Å²) in [5.41, 5.74) is 5.77. The first-order valence-corrected chi connectivity index (χ1v) is 13.3. The standard InChI is InChI=1S/C33H18BrN3O2/c34-21-14-16-24-25-10-6-11-26(30(25)39-29(24)18-21)33-36-31(19-7-2-1-3-8-19)35-32(37-33)20-13-15-23-22-9-4-5-12-27(22)38-28(23)17-20/h1-18H. The topological polar surface area (TPSA) is 65.0 Å². The van der Waals surface area contributed by atoms with E-state index < -0.39 is 0 Å². The summed E-state index contributed by atoms with van der Waals surface area (Å²) in [6.07, 6.45) is 0. The maximum atomic E-state index is 6.36. The number of fused-ring (bicyclic) bond motifs is 6. The third kappa shape index (κ3) is 3.64. The first-order chi connectivity index (χ1) is 19.2. The number of benzene rings is 5. The van der Waals surface area contributed by atoms with Crippen LogP contribution < -0.4 is 0 Å². The molecule has 0 saturated heterocycles. The summed E-state index contributed by atoms with van der Waals surface area (Å²) in [4.78, 5) is 14.8. The molecule has 184 valence electrons. The van der Waals surface area contributed by atoms with Crippen LogP contribution in [0.2, 0.25) is 0 Å². The molecular formula is C33H18BrN3O2. The summed E-state index contributed by atoms with van der Waals surface area (Å²) in [6, 6.07) is 36.3. The Morgan fingerprint density at radius 1 is 0.462 bits per heavy atom. The van der Waals surface area contributed by atoms with Gasteiger partial charge < -0.3 is 8.83 Å². The first kappa shape index (κ1) is 22.2. The van der Waals surface area contributed by atoms with Crippen LogP contribution in [0.5, 0.6) is 0 Å². The molecule has 3 aromatic heterocycles. The highest BCUT2D eigenvalue weighted by Gasteiger charge is 2.18. The molecule has 0 fully saturated rings.